The lowest BCUT2D eigenvalue weighted by molar-refractivity contribution is -0.0845. The molecule has 0 heterocycles. The molecule has 13 heavy (non-hydrogen) atoms. The quantitative estimate of drug-likeness (QED) is 0.602. The lowest BCUT2D eigenvalue weighted by Gasteiger charge is -2.37. The van der Waals surface area contributed by atoms with E-state index >= 15 is 0 Å². The van der Waals surface area contributed by atoms with Crippen LogP contribution in [0.25, 0.3) is 0 Å². The minimum Gasteiger partial charge on any atom is -0.373 e. The predicted molar refractivity (Wildman–Crippen MR) is 56.9 cm³/mol. The first-order valence-electron chi connectivity index (χ1n) is 5.46. The molecule has 1 heteroatoms. The molecule has 0 amide bonds. The minimum atomic E-state index is 0.0339. The second-order valence-electron chi connectivity index (χ2n) is 6.09. The molecule has 1 nitrogen and oxygen atoms in total. The first kappa shape index (κ1) is 11.0. The molecule has 1 saturated carbocycles. The Morgan fingerprint density at radius 1 is 1.08 bits per heavy atom. The maximum Gasteiger partial charge on any atom is 0.0602 e. The second kappa shape index (κ2) is 3.61. The lowest BCUT2D eigenvalue weighted by Crippen LogP contribution is -2.32. The normalized spacial score (nSPS) is 24.7. The summed E-state index contributed by atoms with van der Waals surface area (Å²) in [6.45, 7) is 11.2. The fourth-order valence-corrected chi connectivity index (χ4v) is 1.99. The van der Waals surface area contributed by atoms with Crippen molar-refractivity contribution >= 4 is 0 Å². The van der Waals surface area contributed by atoms with E-state index in [0.29, 0.717) is 11.5 Å². The molecule has 78 valence electrons. The zero-order valence-electron chi connectivity index (χ0n) is 9.81. The van der Waals surface area contributed by atoms with Gasteiger partial charge in [-0.05, 0) is 51.9 Å². The number of ether oxygens (including phenoxy) is 1. The van der Waals surface area contributed by atoms with Crippen LogP contribution in [0.15, 0.2) is 0 Å². The standard InChI is InChI=1S/C12H24O/c1-11(2,3)13-10-6-8-12(4,5)9-7-10/h10H,6-9H2,1-5H3. The SMILES string of the molecule is CC1(C)CCC(OC(C)(C)C)CC1. The van der Waals surface area contributed by atoms with Gasteiger partial charge in [-0.2, -0.15) is 0 Å². The molecular formula is C12H24O. The summed E-state index contributed by atoms with van der Waals surface area (Å²) >= 11 is 0. The molecule has 0 aromatic heterocycles. The average Bonchev–Trinajstić information content (AvgIpc) is 1.91. The molecule has 0 aliphatic heterocycles. The van der Waals surface area contributed by atoms with Gasteiger partial charge in [-0.1, -0.05) is 13.8 Å². The summed E-state index contributed by atoms with van der Waals surface area (Å²) in [6, 6.07) is 0. The Hall–Kier alpha value is -0.0400. The van der Waals surface area contributed by atoms with Crippen molar-refractivity contribution in [3.8, 4) is 0 Å². The van der Waals surface area contributed by atoms with Crippen LogP contribution >= 0.6 is 0 Å². The Balaban J connectivity index is 2.34. The average molecular weight is 184 g/mol. The summed E-state index contributed by atoms with van der Waals surface area (Å²) in [5.41, 5.74) is 0.587. The zero-order valence-corrected chi connectivity index (χ0v) is 9.81. The van der Waals surface area contributed by atoms with Gasteiger partial charge in [0.1, 0.15) is 0 Å². The monoisotopic (exact) mass is 184 g/mol. The van der Waals surface area contributed by atoms with Gasteiger partial charge in [0, 0.05) is 0 Å². The third kappa shape index (κ3) is 4.12. The van der Waals surface area contributed by atoms with Gasteiger partial charge in [-0.3, -0.25) is 0 Å². The molecule has 1 rings (SSSR count). The number of hydrogen-bond donors (Lipinski definition) is 0. The summed E-state index contributed by atoms with van der Waals surface area (Å²) in [5.74, 6) is 0. The van der Waals surface area contributed by atoms with Crippen molar-refractivity contribution in [2.45, 2.75) is 72.0 Å². The van der Waals surface area contributed by atoms with E-state index in [2.05, 4.69) is 34.6 Å². The van der Waals surface area contributed by atoms with E-state index in [4.69, 9.17) is 4.74 Å². The van der Waals surface area contributed by atoms with Crippen LogP contribution in [-0.2, 0) is 4.74 Å². The number of rotatable bonds is 1. The van der Waals surface area contributed by atoms with Gasteiger partial charge in [0.15, 0.2) is 0 Å². The Morgan fingerprint density at radius 3 is 1.92 bits per heavy atom. The highest BCUT2D eigenvalue weighted by molar-refractivity contribution is 4.80. The van der Waals surface area contributed by atoms with Gasteiger partial charge in [0.05, 0.1) is 11.7 Å². The largest absolute Gasteiger partial charge is 0.373 e. The Bertz CT molecular complexity index is 154. The van der Waals surface area contributed by atoms with Gasteiger partial charge in [-0.15, -0.1) is 0 Å². The van der Waals surface area contributed by atoms with Gasteiger partial charge in [0.25, 0.3) is 0 Å². The molecular weight excluding hydrogens is 160 g/mol. The van der Waals surface area contributed by atoms with Crippen molar-refractivity contribution in [2.24, 2.45) is 5.41 Å². The summed E-state index contributed by atoms with van der Waals surface area (Å²) in [6.07, 6.45) is 5.61. The smallest absolute Gasteiger partial charge is 0.0602 e. The molecule has 0 aromatic carbocycles. The van der Waals surface area contributed by atoms with Crippen molar-refractivity contribution in [3.63, 3.8) is 0 Å². The number of hydrogen-bond acceptors (Lipinski definition) is 1. The molecule has 0 atom stereocenters. The second-order valence-corrected chi connectivity index (χ2v) is 6.09. The highest BCUT2D eigenvalue weighted by Gasteiger charge is 2.29. The summed E-state index contributed by atoms with van der Waals surface area (Å²) < 4.78 is 5.97. The predicted octanol–water partition coefficient (Wildman–Crippen LogP) is 3.77. The molecule has 0 unspecified atom stereocenters. The van der Waals surface area contributed by atoms with Gasteiger partial charge < -0.3 is 4.74 Å². The van der Waals surface area contributed by atoms with E-state index in [1.165, 1.54) is 25.7 Å². The molecule has 0 spiro atoms. The molecule has 0 bridgehead atoms. The fourth-order valence-electron chi connectivity index (χ4n) is 1.99. The van der Waals surface area contributed by atoms with Crippen LogP contribution in [0.3, 0.4) is 0 Å². The van der Waals surface area contributed by atoms with Crippen LogP contribution in [0.4, 0.5) is 0 Å². The molecule has 1 aliphatic carbocycles. The molecule has 0 N–H and O–H groups in total. The van der Waals surface area contributed by atoms with E-state index in [9.17, 15) is 0 Å². The third-order valence-corrected chi connectivity index (χ3v) is 2.81. The van der Waals surface area contributed by atoms with Gasteiger partial charge in [0.2, 0.25) is 0 Å². The minimum absolute atomic E-state index is 0.0339. The first-order chi connectivity index (χ1) is 5.79. The Morgan fingerprint density at radius 2 is 1.54 bits per heavy atom. The molecule has 0 radical (unpaired) electrons. The summed E-state index contributed by atoms with van der Waals surface area (Å²) in [5, 5.41) is 0. The lowest BCUT2D eigenvalue weighted by atomic mass is 9.76. The van der Waals surface area contributed by atoms with Crippen LogP contribution in [0.1, 0.15) is 60.3 Å². The van der Waals surface area contributed by atoms with Crippen LogP contribution < -0.4 is 0 Å². The van der Waals surface area contributed by atoms with E-state index in [-0.39, 0.29) is 5.60 Å². The third-order valence-electron chi connectivity index (χ3n) is 2.81. The van der Waals surface area contributed by atoms with Crippen molar-refractivity contribution < 1.29 is 4.74 Å². The molecule has 0 aromatic rings. The first-order valence-corrected chi connectivity index (χ1v) is 5.46. The highest BCUT2D eigenvalue weighted by Crippen LogP contribution is 2.37. The maximum absolute atomic E-state index is 5.97. The van der Waals surface area contributed by atoms with E-state index in [1.54, 1.807) is 0 Å². The molecule has 1 aliphatic rings. The van der Waals surface area contributed by atoms with E-state index in [1.807, 2.05) is 0 Å². The van der Waals surface area contributed by atoms with E-state index < -0.39 is 0 Å². The van der Waals surface area contributed by atoms with Crippen molar-refractivity contribution in [2.75, 3.05) is 0 Å². The Kier molecular flexibility index (Phi) is 3.06. The van der Waals surface area contributed by atoms with Crippen LogP contribution in [0, 0.1) is 5.41 Å². The molecule has 1 fully saturated rings. The Labute approximate surface area is 82.9 Å². The summed E-state index contributed by atoms with van der Waals surface area (Å²) in [4.78, 5) is 0. The van der Waals surface area contributed by atoms with Crippen molar-refractivity contribution in [1.29, 1.82) is 0 Å². The highest BCUT2D eigenvalue weighted by atomic mass is 16.5. The topological polar surface area (TPSA) is 9.23 Å². The van der Waals surface area contributed by atoms with Crippen LogP contribution in [-0.4, -0.2) is 11.7 Å². The zero-order chi connectivity index (χ0) is 10.1. The van der Waals surface area contributed by atoms with Gasteiger partial charge >= 0.3 is 0 Å². The summed E-state index contributed by atoms with van der Waals surface area (Å²) in [7, 11) is 0. The van der Waals surface area contributed by atoms with Crippen LogP contribution in [0.5, 0.6) is 0 Å². The van der Waals surface area contributed by atoms with Gasteiger partial charge in [-0.25, -0.2) is 0 Å². The fraction of sp³-hybridized carbons (Fsp3) is 1.00. The van der Waals surface area contributed by atoms with E-state index in [0.717, 1.165) is 0 Å². The van der Waals surface area contributed by atoms with Crippen molar-refractivity contribution in [3.05, 3.63) is 0 Å². The van der Waals surface area contributed by atoms with Crippen molar-refractivity contribution in [1.82, 2.24) is 0 Å². The van der Waals surface area contributed by atoms with Crippen LogP contribution in [0.2, 0.25) is 0 Å². The molecule has 0 saturated heterocycles. The maximum atomic E-state index is 5.97.